The number of halogens is 1. The first-order valence-electron chi connectivity index (χ1n) is 6.51. The molecule has 0 aromatic heterocycles. The second-order valence-corrected chi connectivity index (χ2v) is 4.76. The number of nitrogens with two attached hydrogens (primary N) is 1. The minimum absolute atomic E-state index is 0.192. The van der Waals surface area contributed by atoms with Crippen LogP contribution in [0, 0.1) is 5.82 Å². The number of methoxy groups -OCH3 is 1. The van der Waals surface area contributed by atoms with E-state index in [1.807, 2.05) is 6.07 Å². The number of rotatable bonds is 4. The summed E-state index contributed by atoms with van der Waals surface area (Å²) in [6, 6.07) is 4.97. The van der Waals surface area contributed by atoms with Gasteiger partial charge in [0.15, 0.2) is 0 Å². The summed E-state index contributed by atoms with van der Waals surface area (Å²) < 4.78 is 18.7. The Morgan fingerprint density at radius 3 is 3.06 bits per heavy atom. The molecule has 1 aromatic carbocycles. The molecule has 0 bridgehead atoms. The van der Waals surface area contributed by atoms with E-state index in [2.05, 4.69) is 4.90 Å². The van der Waals surface area contributed by atoms with Crippen molar-refractivity contribution in [3.63, 3.8) is 0 Å². The lowest BCUT2D eigenvalue weighted by atomic mass is 10.0. The molecule has 100 valence electrons. The van der Waals surface area contributed by atoms with Crippen LogP contribution in [0.3, 0.4) is 0 Å². The third kappa shape index (κ3) is 3.00. The Labute approximate surface area is 108 Å². The zero-order valence-electron chi connectivity index (χ0n) is 10.9. The minimum atomic E-state index is -0.192. The third-order valence-electron chi connectivity index (χ3n) is 3.51. The van der Waals surface area contributed by atoms with E-state index < -0.39 is 0 Å². The fourth-order valence-corrected chi connectivity index (χ4v) is 2.57. The number of hydrogen-bond donors (Lipinski definition) is 1. The molecule has 0 spiro atoms. The number of hydrogen-bond acceptors (Lipinski definition) is 3. The lowest BCUT2D eigenvalue weighted by Gasteiger charge is -2.35. The van der Waals surface area contributed by atoms with Gasteiger partial charge in [-0.1, -0.05) is 0 Å². The molecule has 1 aromatic rings. The molecule has 1 unspecified atom stereocenters. The van der Waals surface area contributed by atoms with Crippen molar-refractivity contribution in [1.82, 2.24) is 0 Å². The van der Waals surface area contributed by atoms with Gasteiger partial charge in [0, 0.05) is 25.9 Å². The molecule has 0 amide bonds. The Morgan fingerprint density at radius 1 is 1.50 bits per heavy atom. The van der Waals surface area contributed by atoms with E-state index in [0.717, 1.165) is 37.2 Å². The Hall–Kier alpha value is -1.13. The molecule has 1 heterocycles. The largest absolute Gasteiger partial charge is 0.380 e. The summed E-state index contributed by atoms with van der Waals surface area (Å²) in [5.74, 6) is -0.192. The molecule has 1 aliphatic rings. The van der Waals surface area contributed by atoms with E-state index in [1.54, 1.807) is 13.2 Å². The van der Waals surface area contributed by atoms with Crippen LogP contribution in [0.4, 0.5) is 10.1 Å². The van der Waals surface area contributed by atoms with Crippen LogP contribution in [0.2, 0.25) is 0 Å². The summed E-state index contributed by atoms with van der Waals surface area (Å²) in [4.78, 5) is 2.28. The van der Waals surface area contributed by atoms with Crippen LogP contribution in [0.5, 0.6) is 0 Å². The van der Waals surface area contributed by atoms with Gasteiger partial charge in [0.25, 0.3) is 0 Å². The van der Waals surface area contributed by atoms with E-state index in [0.29, 0.717) is 13.0 Å². The highest BCUT2D eigenvalue weighted by Gasteiger charge is 2.21. The Kier molecular flexibility index (Phi) is 4.55. The van der Waals surface area contributed by atoms with E-state index in [-0.39, 0.29) is 11.9 Å². The lowest BCUT2D eigenvalue weighted by Crippen LogP contribution is -2.39. The normalized spacial score (nSPS) is 20.2. The van der Waals surface area contributed by atoms with E-state index in [1.165, 1.54) is 6.07 Å². The Morgan fingerprint density at radius 2 is 2.33 bits per heavy atom. The molecule has 1 atom stereocenters. The number of piperidine rings is 1. The molecule has 4 heteroatoms. The van der Waals surface area contributed by atoms with Gasteiger partial charge in [-0.05, 0) is 49.6 Å². The van der Waals surface area contributed by atoms with Crippen LogP contribution in [-0.4, -0.2) is 32.8 Å². The highest BCUT2D eigenvalue weighted by Crippen LogP contribution is 2.26. The van der Waals surface area contributed by atoms with Gasteiger partial charge in [0.2, 0.25) is 0 Å². The topological polar surface area (TPSA) is 38.5 Å². The van der Waals surface area contributed by atoms with Crippen molar-refractivity contribution in [3.05, 3.63) is 29.6 Å². The van der Waals surface area contributed by atoms with Crippen LogP contribution in [-0.2, 0) is 11.2 Å². The summed E-state index contributed by atoms with van der Waals surface area (Å²) >= 11 is 0. The number of nitrogens with zero attached hydrogens (tertiary/aromatic N) is 1. The molecule has 0 saturated carbocycles. The summed E-state index contributed by atoms with van der Waals surface area (Å²) in [6.07, 6.45) is 3.19. The van der Waals surface area contributed by atoms with E-state index in [4.69, 9.17) is 10.5 Å². The van der Waals surface area contributed by atoms with Crippen molar-refractivity contribution in [2.24, 2.45) is 5.73 Å². The lowest BCUT2D eigenvalue weighted by molar-refractivity contribution is 0.0893. The average molecular weight is 252 g/mol. The second kappa shape index (κ2) is 6.16. The van der Waals surface area contributed by atoms with Crippen molar-refractivity contribution < 1.29 is 9.13 Å². The van der Waals surface area contributed by atoms with Gasteiger partial charge in [-0.2, -0.15) is 0 Å². The molecule has 0 radical (unpaired) electrons. The zero-order chi connectivity index (χ0) is 13.0. The smallest absolute Gasteiger partial charge is 0.123 e. The van der Waals surface area contributed by atoms with E-state index in [9.17, 15) is 4.39 Å². The molecular formula is C14H21FN2O. The highest BCUT2D eigenvalue weighted by molar-refractivity contribution is 5.54. The zero-order valence-corrected chi connectivity index (χ0v) is 10.9. The third-order valence-corrected chi connectivity index (χ3v) is 3.51. The number of ether oxygens (including phenoxy) is 1. The van der Waals surface area contributed by atoms with Gasteiger partial charge >= 0.3 is 0 Å². The first-order chi connectivity index (χ1) is 8.74. The van der Waals surface area contributed by atoms with Crippen molar-refractivity contribution in [1.29, 1.82) is 0 Å². The van der Waals surface area contributed by atoms with Gasteiger partial charge in [-0.25, -0.2) is 4.39 Å². The number of benzene rings is 1. The van der Waals surface area contributed by atoms with Crippen molar-refractivity contribution >= 4 is 5.69 Å². The van der Waals surface area contributed by atoms with Gasteiger partial charge in [-0.3, -0.25) is 0 Å². The molecule has 18 heavy (non-hydrogen) atoms. The van der Waals surface area contributed by atoms with Crippen LogP contribution in [0.1, 0.15) is 18.4 Å². The molecule has 1 fully saturated rings. The molecule has 1 aliphatic heterocycles. The maximum atomic E-state index is 13.3. The maximum absolute atomic E-state index is 13.3. The van der Waals surface area contributed by atoms with Crippen LogP contribution in [0.15, 0.2) is 18.2 Å². The predicted octanol–water partition coefficient (Wildman–Crippen LogP) is 1.94. The van der Waals surface area contributed by atoms with Crippen LogP contribution in [0.25, 0.3) is 0 Å². The van der Waals surface area contributed by atoms with Crippen molar-refractivity contribution in [2.45, 2.75) is 25.4 Å². The fraction of sp³-hybridized carbons (Fsp3) is 0.571. The average Bonchev–Trinajstić information content (AvgIpc) is 2.39. The fourth-order valence-electron chi connectivity index (χ4n) is 2.57. The Balaban J connectivity index is 2.20. The summed E-state index contributed by atoms with van der Waals surface area (Å²) in [5, 5.41) is 0. The SMILES string of the molecule is COC1CCCN(c2ccc(F)cc2CCN)C1. The van der Waals surface area contributed by atoms with E-state index >= 15 is 0 Å². The van der Waals surface area contributed by atoms with Gasteiger partial charge in [-0.15, -0.1) is 0 Å². The minimum Gasteiger partial charge on any atom is -0.380 e. The van der Waals surface area contributed by atoms with Crippen LogP contribution < -0.4 is 10.6 Å². The standard InChI is InChI=1S/C14H21FN2O/c1-18-13-3-2-8-17(10-13)14-5-4-12(15)9-11(14)6-7-16/h4-5,9,13H,2-3,6-8,10,16H2,1H3. The molecule has 2 N–H and O–H groups in total. The monoisotopic (exact) mass is 252 g/mol. The molecular weight excluding hydrogens is 231 g/mol. The molecule has 3 nitrogen and oxygen atoms in total. The van der Waals surface area contributed by atoms with Crippen molar-refractivity contribution in [2.75, 3.05) is 31.6 Å². The van der Waals surface area contributed by atoms with Gasteiger partial charge in [0.05, 0.1) is 6.10 Å². The van der Waals surface area contributed by atoms with Gasteiger partial charge < -0.3 is 15.4 Å². The first-order valence-corrected chi connectivity index (χ1v) is 6.51. The molecule has 1 saturated heterocycles. The Bertz CT molecular complexity index is 397. The first kappa shape index (κ1) is 13.3. The maximum Gasteiger partial charge on any atom is 0.123 e. The summed E-state index contributed by atoms with van der Waals surface area (Å²) in [5.41, 5.74) is 7.69. The summed E-state index contributed by atoms with van der Waals surface area (Å²) in [7, 11) is 1.75. The quantitative estimate of drug-likeness (QED) is 0.890. The molecule has 2 rings (SSSR count). The molecule has 0 aliphatic carbocycles. The second-order valence-electron chi connectivity index (χ2n) is 4.76. The van der Waals surface area contributed by atoms with Crippen molar-refractivity contribution in [3.8, 4) is 0 Å². The number of anilines is 1. The summed E-state index contributed by atoms with van der Waals surface area (Å²) in [6.45, 7) is 2.42. The van der Waals surface area contributed by atoms with Crippen LogP contribution >= 0.6 is 0 Å². The predicted molar refractivity (Wildman–Crippen MR) is 71.4 cm³/mol. The van der Waals surface area contributed by atoms with Gasteiger partial charge in [0.1, 0.15) is 5.82 Å². The highest BCUT2D eigenvalue weighted by atomic mass is 19.1.